The first-order valence-electron chi connectivity index (χ1n) is 10.0. The summed E-state index contributed by atoms with van der Waals surface area (Å²) in [6.45, 7) is 7.77. The number of rotatable bonds is 8. The van der Waals surface area contributed by atoms with Gasteiger partial charge in [-0.1, -0.05) is 11.8 Å². The summed E-state index contributed by atoms with van der Waals surface area (Å²) in [5, 5.41) is 3.55. The van der Waals surface area contributed by atoms with Crippen LogP contribution in [0.15, 0.2) is 9.82 Å². The Kier molecular flexibility index (Phi) is 7.72. The van der Waals surface area contributed by atoms with Gasteiger partial charge in [0.1, 0.15) is 5.03 Å². The van der Waals surface area contributed by atoms with E-state index in [1.807, 2.05) is 11.5 Å². The zero-order chi connectivity index (χ0) is 19.1. The van der Waals surface area contributed by atoms with Crippen LogP contribution in [0.2, 0.25) is 0 Å². The predicted molar refractivity (Wildman–Crippen MR) is 106 cm³/mol. The summed E-state index contributed by atoms with van der Waals surface area (Å²) >= 11 is 1.39. The van der Waals surface area contributed by atoms with Crippen molar-refractivity contribution in [2.24, 2.45) is 0 Å². The maximum absolute atomic E-state index is 12.7. The normalized spacial score (nSPS) is 17.5. The first-order valence-corrected chi connectivity index (χ1v) is 11.0. The fourth-order valence-corrected chi connectivity index (χ4v) is 4.66. The van der Waals surface area contributed by atoms with E-state index in [1.165, 1.54) is 17.3 Å². The van der Waals surface area contributed by atoms with Crippen molar-refractivity contribution < 1.29 is 9.53 Å². The summed E-state index contributed by atoms with van der Waals surface area (Å²) in [4.78, 5) is 31.2. The van der Waals surface area contributed by atoms with Crippen molar-refractivity contribution in [3.05, 3.63) is 21.7 Å². The molecule has 1 saturated heterocycles. The van der Waals surface area contributed by atoms with Gasteiger partial charge in [0.2, 0.25) is 5.91 Å². The third-order valence-corrected chi connectivity index (χ3v) is 6.14. The molecular weight excluding hydrogens is 364 g/mol. The van der Waals surface area contributed by atoms with Crippen LogP contribution in [0.25, 0.3) is 0 Å². The molecule has 3 rings (SSSR count). The minimum Gasteiger partial charge on any atom is -0.379 e. The second-order valence-corrected chi connectivity index (χ2v) is 8.00. The van der Waals surface area contributed by atoms with Gasteiger partial charge in [0, 0.05) is 44.0 Å². The number of hydrogen-bond donors (Lipinski definition) is 1. The molecule has 2 heterocycles. The molecular formula is C19H30N4O3S. The van der Waals surface area contributed by atoms with Gasteiger partial charge in [-0.3, -0.25) is 14.3 Å². The average Bonchev–Trinajstić information content (AvgIpc) is 2.69. The number of carbonyl (C=O) groups is 1. The monoisotopic (exact) mass is 394 g/mol. The summed E-state index contributed by atoms with van der Waals surface area (Å²) in [5.74, 6) is 0.303. The second-order valence-electron chi connectivity index (χ2n) is 7.03. The highest BCUT2D eigenvalue weighted by atomic mass is 32.2. The van der Waals surface area contributed by atoms with Crippen molar-refractivity contribution >= 4 is 17.7 Å². The highest BCUT2D eigenvalue weighted by Crippen LogP contribution is 2.28. The Morgan fingerprint density at radius 3 is 2.78 bits per heavy atom. The van der Waals surface area contributed by atoms with E-state index in [0.717, 1.165) is 75.7 Å². The molecule has 150 valence electrons. The molecule has 7 nitrogen and oxygen atoms in total. The van der Waals surface area contributed by atoms with E-state index in [1.54, 1.807) is 0 Å². The Balaban J connectivity index is 1.68. The van der Waals surface area contributed by atoms with E-state index in [2.05, 4.69) is 15.2 Å². The quantitative estimate of drug-likeness (QED) is 0.525. The summed E-state index contributed by atoms with van der Waals surface area (Å²) in [6.07, 6.45) is 5.05. The lowest BCUT2D eigenvalue weighted by Gasteiger charge is -2.27. The van der Waals surface area contributed by atoms with Crippen LogP contribution in [0.5, 0.6) is 0 Å². The molecule has 2 aliphatic rings. The molecule has 0 unspecified atom stereocenters. The van der Waals surface area contributed by atoms with Crippen LogP contribution in [0, 0.1) is 0 Å². The van der Waals surface area contributed by atoms with Gasteiger partial charge in [0.05, 0.1) is 19.0 Å². The number of nitrogens with one attached hydrogen (secondary N) is 1. The SMILES string of the molecule is CCNC(=O)CSc1nc(=O)n(CCCN2CCOCC2)c2c1CCCC2. The van der Waals surface area contributed by atoms with E-state index in [-0.39, 0.29) is 11.6 Å². The number of fused-ring (bicyclic) bond motifs is 1. The predicted octanol–water partition coefficient (Wildman–Crippen LogP) is 1.07. The molecule has 1 fully saturated rings. The van der Waals surface area contributed by atoms with Crippen molar-refractivity contribution in [3.8, 4) is 0 Å². The molecule has 1 aliphatic heterocycles. The van der Waals surface area contributed by atoms with Gasteiger partial charge >= 0.3 is 5.69 Å². The Hall–Kier alpha value is -1.38. The smallest absolute Gasteiger partial charge is 0.348 e. The molecule has 0 aromatic carbocycles. The van der Waals surface area contributed by atoms with Crippen molar-refractivity contribution in [2.75, 3.05) is 45.1 Å². The fourth-order valence-electron chi connectivity index (χ4n) is 3.76. The molecule has 0 bridgehead atoms. The van der Waals surface area contributed by atoms with E-state index in [0.29, 0.717) is 18.8 Å². The number of thioether (sulfide) groups is 1. The van der Waals surface area contributed by atoms with Gasteiger partial charge in [-0.25, -0.2) is 4.79 Å². The van der Waals surface area contributed by atoms with Crippen LogP contribution < -0.4 is 11.0 Å². The number of nitrogens with zero attached hydrogens (tertiary/aromatic N) is 3. The first-order chi connectivity index (χ1) is 13.2. The van der Waals surface area contributed by atoms with E-state index >= 15 is 0 Å². The number of aromatic nitrogens is 2. The van der Waals surface area contributed by atoms with Crippen LogP contribution in [0.4, 0.5) is 0 Å². The Morgan fingerprint density at radius 1 is 1.22 bits per heavy atom. The maximum Gasteiger partial charge on any atom is 0.348 e. The molecule has 0 atom stereocenters. The molecule has 1 aromatic rings. The van der Waals surface area contributed by atoms with Crippen molar-refractivity contribution in [1.82, 2.24) is 19.8 Å². The molecule has 1 amide bonds. The van der Waals surface area contributed by atoms with E-state index in [4.69, 9.17) is 4.74 Å². The van der Waals surface area contributed by atoms with Crippen LogP contribution in [-0.4, -0.2) is 65.5 Å². The van der Waals surface area contributed by atoms with Crippen molar-refractivity contribution in [3.63, 3.8) is 0 Å². The highest BCUT2D eigenvalue weighted by molar-refractivity contribution is 7.99. The van der Waals surface area contributed by atoms with Crippen LogP contribution in [-0.2, 0) is 28.9 Å². The number of amides is 1. The number of carbonyl (C=O) groups excluding carboxylic acids is 1. The maximum atomic E-state index is 12.7. The topological polar surface area (TPSA) is 76.5 Å². The van der Waals surface area contributed by atoms with Crippen LogP contribution in [0.3, 0.4) is 0 Å². The summed E-state index contributed by atoms with van der Waals surface area (Å²) in [5.41, 5.74) is 2.15. The molecule has 1 N–H and O–H groups in total. The third kappa shape index (κ3) is 5.56. The molecule has 1 aliphatic carbocycles. The van der Waals surface area contributed by atoms with E-state index in [9.17, 15) is 9.59 Å². The molecule has 8 heteroatoms. The van der Waals surface area contributed by atoms with E-state index < -0.39 is 0 Å². The van der Waals surface area contributed by atoms with Crippen molar-refractivity contribution in [2.45, 2.75) is 50.6 Å². The second kappa shape index (κ2) is 10.2. The minimum absolute atomic E-state index is 0.0106. The van der Waals surface area contributed by atoms with Gasteiger partial charge < -0.3 is 10.1 Å². The summed E-state index contributed by atoms with van der Waals surface area (Å²) < 4.78 is 7.27. The number of hydrogen-bond acceptors (Lipinski definition) is 6. The van der Waals surface area contributed by atoms with Crippen LogP contribution >= 0.6 is 11.8 Å². The number of morpholine rings is 1. The lowest BCUT2D eigenvalue weighted by atomic mass is 9.97. The van der Waals surface area contributed by atoms with Gasteiger partial charge in [-0.2, -0.15) is 4.98 Å². The summed E-state index contributed by atoms with van der Waals surface area (Å²) in [7, 11) is 0. The third-order valence-electron chi connectivity index (χ3n) is 5.12. The standard InChI is InChI=1S/C19H30N4O3S/c1-2-20-17(24)14-27-18-15-6-3-4-7-16(15)23(19(25)21-18)9-5-8-22-10-12-26-13-11-22/h2-14H2,1H3,(H,20,24). The Bertz CT molecular complexity index is 701. The molecule has 0 radical (unpaired) electrons. The lowest BCUT2D eigenvalue weighted by Crippen LogP contribution is -2.38. The van der Waals surface area contributed by atoms with Gasteiger partial charge in [0.15, 0.2) is 0 Å². The number of ether oxygens (including phenoxy) is 1. The zero-order valence-electron chi connectivity index (χ0n) is 16.2. The molecule has 0 saturated carbocycles. The highest BCUT2D eigenvalue weighted by Gasteiger charge is 2.21. The molecule has 27 heavy (non-hydrogen) atoms. The molecule has 1 aromatic heterocycles. The lowest BCUT2D eigenvalue weighted by molar-refractivity contribution is -0.118. The molecule has 0 spiro atoms. The summed E-state index contributed by atoms with van der Waals surface area (Å²) in [6, 6.07) is 0. The van der Waals surface area contributed by atoms with Crippen LogP contribution in [0.1, 0.15) is 37.4 Å². The average molecular weight is 395 g/mol. The van der Waals surface area contributed by atoms with Gasteiger partial charge in [-0.05, 0) is 39.0 Å². The Labute approximate surface area is 164 Å². The largest absolute Gasteiger partial charge is 0.379 e. The minimum atomic E-state index is -0.170. The Morgan fingerprint density at radius 2 is 2.00 bits per heavy atom. The fraction of sp³-hybridized carbons (Fsp3) is 0.737. The zero-order valence-corrected chi connectivity index (χ0v) is 17.0. The van der Waals surface area contributed by atoms with Gasteiger partial charge in [-0.15, -0.1) is 0 Å². The van der Waals surface area contributed by atoms with Gasteiger partial charge in [0.25, 0.3) is 0 Å². The van der Waals surface area contributed by atoms with Crippen molar-refractivity contribution in [1.29, 1.82) is 0 Å². The first kappa shape index (κ1) is 20.4.